The second-order valence-electron chi connectivity index (χ2n) is 5.62. The Morgan fingerprint density at radius 1 is 1.38 bits per heavy atom. The summed E-state index contributed by atoms with van der Waals surface area (Å²) in [5, 5.41) is 9.46. The number of nitrogens with zero attached hydrogens (tertiary/aromatic N) is 3. The number of amides is 3. The number of urea groups is 1. The number of carbonyl (C=O) groups excluding carboxylic acids is 2. The van der Waals surface area contributed by atoms with Crippen molar-refractivity contribution in [2.24, 2.45) is 0 Å². The molecule has 1 atom stereocenters. The van der Waals surface area contributed by atoms with E-state index in [-0.39, 0.29) is 18.5 Å². The maximum atomic E-state index is 12.3. The molecule has 3 rings (SSSR count). The Kier molecular flexibility index (Phi) is 4.74. The van der Waals surface area contributed by atoms with Gasteiger partial charge in [-0.1, -0.05) is 35.5 Å². The average molecular weight is 329 g/mol. The lowest BCUT2D eigenvalue weighted by molar-refractivity contribution is -0.121. The van der Waals surface area contributed by atoms with E-state index in [4.69, 9.17) is 4.52 Å². The van der Waals surface area contributed by atoms with Gasteiger partial charge >= 0.3 is 6.03 Å². The summed E-state index contributed by atoms with van der Waals surface area (Å²) in [5.41, 5.74) is 0.843. The Morgan fingerprint density at radius 3 is 2.96 bits per heavy atom. The number of hydrogen-bond donors (Lipinski definition) is 2. The Morgan fingerprint density at radius 2 is 2.17 bits per heavy atom. The molecule has 1 aliphatic rings. The molecule has 1 saturated heterocycles. The Bertz CT molecular complexity index is 716. The van der Waals surface area contributed by atoms with E-state index in [9.17, 15) is 9.59 Å². The summed E-state index contributed by atoms with van der Waals surface area (Å²) in [7, 11) is 0. The van der Waals surface area contributed by atoms with Gasteiger partial charge in [0.05, 0.1) is 0 Å². The number of rotatable bonds is 3. The first-order valence-corrected chi connectivity index (χ1v) is 7.84. The zero-order valence-corrected chi connectivity index (χ0v) is 13.4. The molecule has 8 heteroatoms. The predicted octanol–water partition coefficient (Wildman–Crippen LogP) is 1.33. The molecule has 1 fully saturated rings. The molecule has 2 heterocycles. The van der Waals surface area contributed by atoms with Gasteiger partial charge in [-0.3, -0.25) is 4.79 Å². The molecule has 2 N–H and O–H groups in total. The lowest BCUT2D eigenvalue weighted by atomic mass is 10.2. The lowest BCUT2D eigenvalue weighted by Gasteiger charge is -2.21. The van der Waals surface area contributed by atoms with E-state index in [2.05, 4.69) is 20.8 Å². The van der Waals surface area contributed by atoms with Crippen molar-refractivity contribution >= 4 is 11.9 Å². The molecule has 1 aromatic carbocycles. The van der Waals surface area contributed by atoms with Gasteiger partial charge in [-0.15, -0.1) is 0 Å². The van der Waals surface area contributed by atoms with Gasteiger partial charge in [0.25, 0.3) is 0 Å². The van der Waals surface area contributed by atoms with Crippen LogP contribution in [0.1, 0.15) is 25.3 Å². The normalized spacial score (nSPS) is 16.2. The van der Waals surface area contributed by atoms with Crippen LogP contribution in [-0.4, -0.2) is 46.6 Å². The molecule has 3 amide bonds. The quantitative estimate of drug-likeness (QED) is 0.885. The van der Waals surface area contributed by atoms with Crippen LogP contribution in [0.15, 0.2) is 34.9 Å². The third-order valence-electron chi connectivity index (χ3n) is 3.73. The van der Waals surface area contributed by atoms with Gasteiger partial charge in [0.2, 0.25) is 17.6 Å². The van der Waals surface area contributed by atoms with Crippen molar-refractivity contribution in [3.8, 4) is 11.4 Å². The number of aromatic nitrogens is 2. The zero-order valence-electron chi connectivity index (χ0n) is 13.4. The van der Waals surface area contributed by atoms with Crippen molar-refractivity contribution in [1.82, 2.24) is 25.7 Å². The van der Waals surface area contributed by atoms with E-state index < -0.39 is 6.04 Å². The summed E-state index contributed by atoms with van der Waals surface area (Å²) >= 11 is 0. The monoisotopic (exact) mass is 329 g/mol. The van der Waals surface area contributed by atoms with Crippen LogP contribution >= 0.6 is 0 Å². The maximum Gasteiger partial charge on any atom is 0.318 e. The summed E-state index contributed by atoms with van der Waals surface area (Å²) in [5.74, 6) is 0.641. The van der Waals surface area contributed by atoms with Crippen molar-refractivity contribution in [2.75, 3.05) is 19.6 Å². The second-order valence-corrected chi connectivity index (χ2v) is 5.62. The highest BCUT2D eigenvalue weighted by atomic mass is 16.5. The van der Waals surface area contributed by atoms with Crippen LogP contribution in [0.25, 0.3) is 11.4 Å². The molecule has 126 valence electrons. The smallest absolute Gasteiger partial charge is 0.318 e. The maximum absolute atomic E-state index is 12.3. The summed E-state index contributed by atoms with van der Waals surface area (Å²) in [6.45, 7) is 2.92. The molecule has 1 unspecified atom stereocenters. The van der Waals surface area contributed by atoms with E-state index in [0.29, 0.717) is 24.8 Å². The molecule has 1 aromatic heterocycles. The van der Waals surface area contributed by atoms with Crippen molar-refractivity contribution in [1.29, 1.82) is 0 Å². The SMILES string of the molecule is CC(NC(=O)N1CCCNC(=O)C1)c1nc(-c2ccccc2)no1. The molecule has 8 nitrogen and oxygen atoms in total. The van der Waals surface area contributed by atoms with Crippen LogP contribution in [0.3, 0.4) is 0 Å². The summed E-state index contributed by atoms with van der Waals surface area (Å²) in [6.07, 6.45) is 0.728. The van der Waals surface area contributed by atoms with Gasteiger partial charge in [0.1, 0.15) is 12.6 Å². The number of carbonyl (C=O) groups is 2. The van der Waals surface area contributed by atoms with E-state index in [1.165, 1.54) is 4.90 Å². The Hall–Kier alpha value is -2.90. The van der Waals surface area contributed by atoms with Gasteiger partial charge in [-0.25, -0.2) is 4.79 Å². The molecule has 2 aromatic rings. The Balaban J connectivity index is 1.64. The minimum absolute atomic E-state index is 0.0532. The molecular formula is C16H19N5O3. The minimum atomic E-state index is -0.450. The lowest BCUT2D eigenvalue weighted by Crippen LogP contribution is -2.44. The highest BCUT2D eigenvalue weighted by Gasteiger charge is 2.23. The summed E-state index contributed by atoms with van der Waals surface area (Å²) < 4.78 is 5.24. The number of benzene rings is 1. The van der Waals surface area contributed by atoms with Crippen LogP contribution in [0.2, 0.25) is 0 Å². The van der Waals surface area contributed by atoms with E-state index in [1.807, 2.05) is 30.3 Å². The van der Waals surface area contributed by atoms with E-state index in [0.717, 1.165) is 12.0 Å². The van der Waals surface area contributed by atoms with Crippen molar-refractivity contribution < 1.29 is 14.1 Å². The minimum Gasteiger partial charge on any atom is -0.354 e. The van der Waals surface area contributed by atoms with Gasteiger partial charge < -0.3 is 20.1 Å². The Labute approximate surface area is 139 Å². The number of hydrogen-bond acceptors (Lipinski definition) is 5. The van der Waals surface area contributed by atoms with Gasteiger partial charge in [0.15, 0.2) is 0 Å². The first-order chi connectivity index (χ1) is 11.6. The largest absolute Gasteiger partial charge is 0.354 e. The van der Waals surface area contributed by atoms with Crippen LogP contribution < -0.4 is 10.6 Å². The van der Waals surface area contributed by atoms with Crippen LogP contribution in [0.5, 0.6) is 0 Å². The predicted molar refractivity (Wildman–Crippen MR) is 85.9 cm³/mol. The highest BCUT2D eigenvalue weighted by molar-refractivity contribution is 5.84. The van der Waals surface area contributed by atoms with Crippen molar-refractivity contribution in [3.05, 3.63) is 36.2 Å². The van der Waals surface area contributed by atoms with E-state index in [1.54, 1.807) is 6.92 Å². The third-order valence-corrected chi connectivity index (χ3v) is 3.73. The zero-order chi connectivity index (χ0) is 16.9. The number of nitrogens with one attached hydrogen (secondary N) is 2. The summed E-state index contributed by atoms with van der Waals surface area (Å²) in [4.78, 5) is 29.6. The van der Waals surface area contributed by atoms with Crippen LogP contribution in [0, 0.1) is 0 Å². The fraction of sp³-hybridized carbons (Fsp3) is 0.375. The fourth-order valence-corrected chi connectivity index (χ4v) is 2.43. The average Bonchev–Trinajstić information content (AvgIpc) is 2.98. The first-order valence-electron chi connectivity index (χ1n) is 7.84. The standard InChI is InChI=1S/C16H19N5O3/c1-11(18-16(23)21-9-5-8-17-13(22)10-21)15-19-14(20-24-15)12-6-3-2-4-7-12/h2-4,6-7,11H,5,8-10H2,1H3,(H,17,22)(H,18,23). The second kappa shape index (κ2) is 7.12. The van der Waals surface area contributed by atoms with Crippen LogP contribution in [-0.2, 0) is 4.79 Å². The molecule has 0 spiro atoms. The van der Waals surface area contributed by atoms with E-state index >= 15 is 0 Å². The molecule has 0 saturated carbocycles. The molecular weight excluding hydrogens is 310 g/mol. The summed E-state index contributed by atoms with van der Waals surface area (Å²) in [6, 6.07) is 8.68. The molecule has 0 bridgehead atoms. The van der Waals surface area contributed by atoms with Crippen molar-refractivity contribution in [2.45, 2.75) is 19.4 Å². The molecule has 24 heavy (non-hydrogen) atoms. The van der Waals surface area contributed by atoms with Gasteiger partial charge in [-0.2, -0.15) is 4.98 Å². The molecule has 0 radical (unpaired) electrons. The van der Waals surface area contributed by atoms with Gasteiger partial charge in [0, 0.05) is 18.7 Å². The van der Waals surface area contributed by atoms with Crippen LogP contribution in [0.4, 0.5) is 4.79 Å². The molecule has 1 aliphatic heterocycles. The fourth-order valence-electron chi connectivity index (χ4n) is 2.43. The topological polar surface area (TPSA) is 100 Å². The molecule has 0 aliphatic carbocycles. The van der Waals surface area contributed by atoms with Gasteiger partial charge in [-0.05, 0) is 13.3 Å². The first kappa shape index (κ1) is 16.0. The van der Waals surface area contributed by atoms with Crippen molar-refractivity contribution in [3.63, 3.8) is 0 Å². The third kappa shape index (κ3) is 3.70. The highest BCUT2D eigenvalue weighted by Crippen LogP contribution is 2.18.